The minimum atomic E-state index is -0.993. The summed E-state index contributed by atoms with van der Waals surface area (Å²) in [5, 5.41) is 8.66. The quantitative estimate of drug-likeness (QED) is 0.721. The van der Waals surface area contributed by atoms with Crippen LogP contribution >= 0.6 is 0 Å². The predicted molar refractivity (Wildman–Crippen MR) is 98.3 cm³/mol. The number of ether oxygens (including phenoxy) is 1. The van der Waals surface area contributed by atoms with Crippen molar-refractivity contribution in [3.63, 3.8) is 0 Å². The van der Waals surface area contributed by atoms with E-state index in [0.29, 0.717) is 11.3 Å². The monoisotopic (exact) mass is 373 g/mol. The highest BCUT2D eigenvalue weighted by molar-refractivity contribution is 5.97. The Morgan fingerprint density at radius 2 is 1.89 bits per heavy atom. The van der Waals surface area contributed by atoms with Gasteiger partial charge >= 0.3 is 5.97 Å². The zero-order valence-electron chi connectivity index (χ0n) is 15.8. The molecule has 8 heteroatoms. The van der Waals surface area contributed by atoms with Crippen molar-refractivity contribution in [2.75, 3.05) is 11.9 Å². The van der Waals surface area contributed by atoms with Gasteiger partial charge in [0.05, 0.1) is 0 Å². The Bertz CT molecular complexity index is 844. The topological polar surface area (TPSA) is 111 Å². The lowest BCUT2D eigenvalue weighted by Crippen LogP contribution is -2.37. The normalized spacial score (nSPS) is 11.6. The first-order chi connectivity index (χ1) is 12.8. The van der Waals surface area contributed by atoms with Crippen molar-refractivity contribution >= 4 is 23.6 Å². The highest BCUT2D eigenvalue weighted by Gasteiger charge is 2.22. The van der Waals surface area contributed by atoms with E-state index in [9.17, 15) is 14.4 Å². The van der Waals surface area contributed by atoms with Gasteiger partial charge in [-0.15, -0.1) is 0 Å². The van der Waals surface area contributed by atoms with Crippen molar-refractivity contribution in [3.05, 3.63) is 46.7 Å². The van der Waals surface area contributed by atoms with Crippen LogP contribution < -0.4 is 10.6 Å². The molecule has 2 aromatic rings. The van der Waals surface area contributed by atoms with Crippen molar-refractivity contribution < 1.29 is 23.6 Å². The van der Waals surface area contributed by atoms with Gasteiger partial charge in [-0.2, -0.15) is 0 Å². The van der Waals surface area contributed by atoms with E-state index in [1.54, 1.807) is 32.0 Å². The van der Waals surface area contributed by atoms with Crippen LogP contribution in [0.5, 0.6) is 0 Å². The Kier molecular flexibility index (Phi) is 6.70. The number of nitrogens with zero attached hydrogens (tertiary/aromatic N) is 1. The molecule has 0 radical (unpaired) electrons. The maximum Gasteiger partial charge on any atom is 0.326 e. The Morgan fingerprint density at radius 1 is 1.15 bits per heavy atom. The number of rotatable bonds is 7. The van der Waals surface area contributed by atoms with Gasteiger partial charge < -0.3 is 19.9 Å². The molecule has 0 saturated heterocycles. The molecule has 0 bridgehead atoms. The molecule has 27 heavy (non-hydrogen) atoms. The number of carbonyl (C=O) groups excluding carboxylic acids is 3. The van der Waals surface area contributed by atoms with E-state index in [4.69, 9.17) is 9.26 Å². The van der Waals surface area contributed by atoms with Crippen molar-refractivity contribution in [2.24, 2.45) is 0 Å². The number of hydrogen-bond acceptors (Lipinski definition) is 6. The van der Waals surface area contributed by atoms with E-state index in [0.717, 1.165) is 11.1 Å². The van der Waals surface area contributed by atoms with Crippen molar-refractivity contribution in [1.82, 2.24) is 10.5 Å². The molecule has 144 valence electrons. The summed E-state index contributed by atoms with van der Waals surface area (Å²) in [5.41, 5.74) is 2.51. The maximum atomic E-state index is 12.2. The van der Waals surface area contributed by atoms with Crippen LogP contribution in [-0.2, 0) is 14.3 Å². The average Bonchev–Trinajstić information content (AvgIpc) is 3.04. The fourth-order valence-corrected chi connectivity index (χ4v) is 2.29. The first kappa shape index (κ1) is 20.2. The number of aromatic nitrogens is 1. The van der Waals surface area contributed by atoms with Gasteiger partial charge in [-0.05, 0) is 50.5 Å². The first-order valence-electron chi connectivity index (χ1n) is 8.59. The van der Waals surface area contributed by atoms with Gasteiger partial charge in [-0.25, -0.2) is 0 Å². The average molecular weight is 373 g/mol. The summed E-state index contributed by atoms with van der Waals surface area (Å²) in [7, 11) is 0. The molecule has 0 aliphatic rings. The van der Waals surface area contributed by atoms with Crippen molar-refractivity contribution in [2.45, 2.75) is 40.2 Å². The molecule has 0 aliphatic carbocycles. The summed E-state index contributed by atoms with van der Waals surface area (Å²) >= 11 is 0. The fourth-order valence-electron chi connectivity index (χ4n) is 2.29. The molecule has 1 aromatic carbocycles. The SMILES string of the molecule is CCC(OC(=O)CNC(=O)c1ccc(C)c(C)c1)C(=O)Nc1cc(C)on1. The van der Waals surface area contributed by atoms with E-state index in [-0.39, 0.29) is 24.7 Å². The molecular formula is C19H23N3O5. The summed E-state index contributed by atoms with van der Waals surface area (Å²) in [6, 6.07) is 6.82. The molecule has 1 unspecified atom stereocenters. The highest BCUT2D eigenvalue weighted by atomic mass is 16.5. The van der Waals surface area contributed by atoms with E-state index in [1.807, 2.05) is 19.9 Å². The van der Waals surface area contributed by atoms with Crippen LogP contribution in [0.15, 0.2) is 28.8 Å². The number of carbonyl (C=O) groups is 3. The van der Waals surface area contributed by atoms with Crippen molar-refractivity contribution in [1.29, 1.82) is 0 Å². The number of amides is 2. The molecular weight excluding hydrogens is 350 g/mol. The number of benzene rings is 1. The van der Waals surface area contributed by atoms with Crippen LogP contribution in [0.2, 0.25) is 0 Å². The fraction of sp³-hybridized carbons (Fsp3) is 0.368. The van der Waals surface area contributed by atoms with Gasteiger partial charge in [0.1, 0.15) is 12.3 Å². The molecule has 1 heterocycles. The van der Waals surface area contributed by atoms with Crippen LogP contribution in [0.4, 0.5) is 5.82 Å². The number of nitrogens with one attached hydrogen (secondary N) is 2. The lowest BCUT2D eigenvalue weighted by molar-refractivity contribution is -0.153. The van der Waals surface area contributed by atoms with Gasteiger partial charge in [0.15, 0.2) is 11.9 Å². The van der Waals surface area contributed by atoms with Gasteiger partial charge in [-0.3, -0.25) is 14.4 Å². The summed E-state index contributed by atoms with van der Waals surface area (Å²) in [4.78, 5) is 36.3. The third-order valence-corrected chi connectivity index (χ3v) is 3.98. The molecule has 1 atom stereocenters. The minimum absolute atomic E-state index is 0.245. The number of hydrogen-bond donors (Lipinski definition) is 2. The second-order valence-electron chi connectivity index (χ2n) is 6.18. The molecule has 0 aliphatic heterocycles. The van der Waals surface area contributed by atoms with Crippen LogP contribution in [-0.4, -0.2) is 35.6 Å². The Hall–Kier alpha value is -3.16. The van der Waals surface area contributed by atoms with Crippen LogP contribution in [0.1, 0.15) is 40.6 Å². The minimum Gasteiger partial charge on any atom is -0.451 e. The molecule has 2 amide bonds. The van der Waals surface area contributed by atoms with Crippen LogP contribution in [0.3, 0.4) is 0 Å². The predicted octanol–water partition coefficient (Wildman–Crippen LogP) is 2.29. The molecule has 0 saturated carbocycles. The Balaban J connectivity index is 1.86. The molecule has 2 rings (SSSR count). The summed E-state index contributed by atoms with van der Waals surface area (Å²) in [6.45, 7) is 6.92. The maximum absolute atomic E-state index is 12.2. The highest BCUT2D eigenvalue weighted by Crippen LogP contribution is 2.11. The number of esters is 1. The molecule has 0 spiro atoms. The van der Waals surface area contributed by atoms with Gasteiger partial charge in [0, 0.05) is 11.6 Å². The third kappa shape index (κ3) is 5.67. The van der Waals surface area contributed by atoms with E-state index >= 15 is 0 Å². The van der Waals surface area contributed by atoms with Gasteiger partial charge in [0.2, 0.25) is 0 Å². The second-order valence-corrected chi connectivity index (χ2v) is 6.18. The van der Waals surface area contributed by atoms with Crippen molar-refractivity contribution in [3.8, 4) is 0 Å². The molecule has 8 nitrogen and oxygen atoms in total. The summed E-state index contributed by atoms with van der Waals surface area (Å²) in [6.07, 6.45) is -0.715. The van der Waals surface area contributed by atoms with Gasteiger partial charge in [-0.1, -0.05) is 18.1 Å². The van der Waals surface area contributed by atoms with E-state index < -0.39 is 18.0 Å². The summed E-state index contributed by atoms with van der Waals surface area (Å²) in [5.74, 6) is -0.810. The van der Waals surface area contributed by atoms with Gasteiger partial charge in [0.25, 0.3) is 11.8 Å². The zero-order valence-corrected chi connectivity index (χ0v) is 15.8. The number of anilines is 1. The molecule has 0 fully saturated rings. The molecule has 2 N–H and O–H groups in total. The summed E-state index contributed by atoms with van der Waals surface area (Å²) < 4.78 is 10.0. The van der Waals surface area contributed by atoms with Crippen LogP contribution in [0, 0.1) is 20.8 Å². The number of aryl methyl sites for hydroxylation is 3. The first-order valence-corrected chi connectivity index (χ1v) is 8.59. The van der Waals surface area contributed by atoms with Crippen LogP contribution in [0.25, 0.3) is 0 Å². The lowest BCUT2D eigenvalue weighted by Gasteiger charge is -2.15. The zero-order chi connectivity index (χ0) is 20.0. The standard InChI is InChI=1S/C19H23N3O5/c1-5-15(19(25)21-16-9-13(4)27-22-16)26-17(23)10-20-18(24)14-7-6-11(2)12(3)8-14/h6-9,15H,5,10H2,1-4H3,(H,20,24)(H,21,22,25). The Morgan fingerprint density at radius 3 is 2.48 bits per heavy atom. The largest absolute Gasteiger partial charge is 0.451 e. The van der Waals surface area contributed by atoms with E-state index in [1.165, 1.54) is 0 Å². The third-order valence-electron chi connectivity index (χ3n) is 3.98. The smallest absolute Gasteiger partial charge is 0.326 e. The van der Waals surface area contributed by atoms with E-state index in [2.05, 4.69) is 15.8 Å². The second kappa shape index (κ2) is 8.98. The lowest BCUT2D eigenvalue weighted by atomic mass is 10.1. The Labute approximate surface area is 157 Å². The molecule has 1 aromatic heterocycles.